The number of aromatic nitrogens is 1. The number of aryl methyl sites for hydroxylation is 3. The molecule has 0 saturated heterocycles. The van der Waals surface area contributed by atoms with Crippen molar-refractivity contribution < 1.29 is 4.57 Å². The number of pyridine rings is 1. The molecule has 0 fully saturated rings. The van der Waals surface area contributed by atoms with Crippen molar-refractivity contribution in [2.24, 2.45) is 7.05 Å². The molecule has 0 amide bonds. The molecule has 0 saturated carbocycles. The molecule has 0 aliphatic heterocycles. The molecule has 3 aromatic rings. The molecule has 1 aromatic heterocycles. The maximum absolute atomic E-state index is 2.35. The maximum atomic E-state index is 2.35. The average Bonchev–Trinajstić information content (AvgIpc) is 2.78. The van der Waals surface area contributed by atoms with Crippen LogP contribution in [0.5, 0.6) is 0 Å². The number of benzene rings is 2. The van der Waals surface area contributed by atoms with Crippen LogP contribution in [0.15, 0.2) is 54.7 Å². The van der Waals surface area contributed by atoms with E-state index in [4.69, 9.17) is 0 Å². The van der Waals surface area contributed by atoms with E-state index in [9.17, 15) is 0 Å². The van der Waals surface area contributed by atoms with E-state index in [-0.39, 0.29) is 5.41 Å². The average molecular weight is 314 g/mol. The summed E-state index contributed by atoms with van der Waals surface area (Å²) in [6, 6.07) is 17.8. The van der Waals surface area contributed by atoms with Crippen LogP contribution in [0, 0.1) is 13.8 Å². The third-order valence-corrected chi connectivity index (χ3v) is 5.59. The van der Waals surface area contributed by atoms with E-state index in [0.717, 1.165) is 0 Å². The van der Waals surface area contributed by atoms with Gasteiger partial charge in [-0.15, -0.1) is 0 Å². The molecule has 0 unspecified atom stereocenters. The molecule has 24 heavy (non-hydrogen) atoms. The van der Waals surface area contributed by atoms with Crippen molar-refractivity contribution in [3.05, 3.63) is 77.0 Å². The van der Waals surface area contributed by atoms with Gasteiger partial charge in [-0.2, -0.15) is 0 Å². The van der Waals surface area contributed by atoms with Crippen LogP contribution >= 0.6 is 0 Å². The molecule has 1 heteroatoms. The van der Waals surface area contributed by atoms with E-state index in [1.54, 1.807) is 0 Å². The summed E-state index contributed by atoms with van der Waals surface area (Å²) in [4.78, 5) is 0. The van der Waals surface area contributed by atoms with Gasteiger partial charge in [0.25, 0.3) is 0 Å². The van der Waals surface area contributed by atoms with Gasteiger partial charge >= 0.3 is 0 Å². The first-order chi connectivity index (χ1) is 11.4. The summed E-state index contributed by atoms with van der Waals surface area (Å²) < 4.78 is 2.23. The van der Waals surface area contributed by atoms with Gasteiger partial charge in [0.1, 0.15) is 7.05 Å². The normalized spacial score (nSPS) is 14.4. The SMILES string of the molecule is Cc1cccc2c1-c1c(ccc(C)c1-c1cccc[n+]1C)C2(C)C. The summed E-state index contributed by atoms with van der Waals surface area (Å²) in [5.41, 5.74) is 11.1. The van der Waals surface area contributed by atoms with Crippen molar-refractivity contribution in [2.75, 3.05) is 0 Å². The number of rotatable bonds is 1. The molecule has 0 bridgehead atoms. The molecule has 0 spiro atoms. The molecule has 1 nitrogen and oxygen atoms in total. The summed E-state index contributed by atoms with van der Waals surface area (Å²) in [6.45, 7) is 9.16. The zero-order chi connectivity index (χ0) is 17.1. The van der Waals surface area contributed by atoms with E-state index in [0.29, 0.717) is 0 Å². The van der Waals surface area contributed by atoms with Crippen LogP contribution in [0.25, 0.3) is 22.4 Å². The fourth-order valence-electron chi connectivity index (χ4n) is 4.27. The quantitative estimate of drug-likeness (QED) is 0.550. The third-order valence-electron chi connectivity index (χ3n) is 5.59. The van der Waals surface area contributed by atoms with E-state index in [1.807, 2.05) is 0 Å². The summed E-state index contributed by atoms with van der Waals surface area (Å²) >= 11 is 0. The highest BCUT2D eigenvalue weighted by Gasteiger charge is 2.39. The van der Waals surface area contributed by atoms with E-state index in [1.165, 1.54) is 44.6 Å². The molecule has 1 aliphatic rings. The highest BCUT2D eigenvalue weighted by molar-refractivity contribution is 5.93. The fourth-order valence-corrected chi connectivity index (χ4v) is 4.27. The second-order valence-electron chi connectivity index (χ2n) is 7.50. The van der Waals surface area contributed by atoms with Crippen LogP contribution in [0.2, 0.25) is 0 Å². The van der Waals surface area contributed by atoms with Crippen molar-refractivity contribution in [3.8, 4) is 22.4 Å². The Labute approximate surface area is 144 Å². The lowest BCUT2D eigenvalue weighted by Gasteiger charge is -2.22. The smallest absolute Gasteiger partial charge is 0.201 e. The van der Waals surface area contributed by atoms with Crippen LogP contribution in [0.3, 0.4) is 0 Å². The van der Waals surface area contributed by atoms with Crippen molar-refractivity contribution >= 4 is 0 Å². The third kappa shape index (κ3) is 1.91. The Morgan fingerprint density at radius 1 is 0.708 bits per heavy atom. The maximum Gasteiger partial charge on any atom is 0.213 e. The van der Waals surface area contributed by atoms with Gasteiger partial charge in [0.05, 0.1) is 5.56 Å². The van der Waals surface area contributed by atoms with E-state index in [2.05, 4.69) is 94.0 Å². The molecule has 0 N–H and O–H groups in total. The molecule has 4 rings (SSSR count). The van der Waals surface area contributed by atoms with Gasteiger partial charge in [0, 0.05) is 23.1 Å². The lowest BCUT2D eigenvalue weighted by Crippen LogP contribution is -2.30. The largest absolute Gasteiger partial charge is 0.213 e. The molecular formula is C23H24N+. The highest BCUT2D eigenvalue weighted by atomic mass is 14.9. The van der Waals surface area contributed by atoms with Crippen molar-refractivity contribution in [1.82, 2.24) is 0 Å². The molecular weight excluding hydrogens is 290 g/mol. The Morgan fingerprint density at radius 2 is 1.42 bits per heavy atom. The minimum Gasteiger partial charge on any atom is -0.201 e. The Hall–Kier alpha value is -2.41. The first kappa shape index (κ1) is 15.1. The van der Waals surface area contributed by atoms with Gasteiger partial charge in [-0.05, 0) is 47.7 Å². The molecule has 1 heterocycles. The number of hydrogen-bond donors (Lipinski definition) is 0. The molecule has 2 aromatic carbocycles. The van der Waals surface area contributed by atoms with Crippen LogP contribution in [-0.4, -0.2) is 0 Å². The van der Waals surface area contributed by atoms with Gasteiger partial charge in [-0.3, -0.25) is 0 Å². The topological polar surface area (TPSA) is 3.88 Å². The number of fused-ring (bicyclic) bond motifs is 3. The summed E-state index contributed by atoms with van der Waals surface area (Å²) in [7, 11) is 2.13. The molecule has 0 atom stereocenters. The number of hydrogen-bond acceptors (Lipinski definition) is 0. The van der Waals surface area contributed by atoms with Crippen LogP contribution in [0.4, 0.5) is 0 Å². The lowest BCUT2D eigenvalue weighted by molar-refractivity contribution is -0.660. The zero-order valence-corrected chi connectivity index (χ0v) is 15.1. The summed E-state index contributed by atoms with van der Waals surface area (Å²) in [5.74, 6) is 0. The molecule has 0 radical (unpaired) electrons. The standard InChI is InChI=1S/C23H24N/c1-15-9-8-10-17-20(15)22-18(23(17,3)4)13-12-16(2)21(22)19-11-6-7-14-24(19)5/h6-14H,1-5H3/q+1. The summed E-state index contributed by atoms with van der Waals surface area (Å²) in [5, 5.41) is 0. The highest BCUT2D eigenvalue weighted by Crippen LogP contribution is 2.53. The van der Waals surface area contributed by atoms with Crippen molar-refractivity contribution in [2.45, 2.75) is 33.1 Å². The van der Waals surface area contributed by atoms with Gasteiger partial charge in [0.2, 0.25) is 5.69 Å². The minimum absolute atomic E-state index is 0.0481. The van der Waals surface area contributed by atoms with E-state index >= 15 is 0 Å². The molecule has 120 valence electrons. The van der Waals surface area contributed by atoms with Crippen LogP contribution in [-0.2, 0) is 12.5 Å². The van der Waals surface area contributed by atoms with Crippen LogP contribution < -0.4 is 4.57 Å². The fraction of sp³-hybridized carbons (Fsp3) is 0.261. The van der Waals surface area contributed by atoms with E-state index < -0.39 is 0 Å². The van der Waals surface area contributed by atoms with Gasteiger partial charge < -0.3 is 0 Å². The van der Waals surface area contributed by atoms with Gasteiger partial charge in [0.15, 0.2) is 6.20 Å². The monoisotopic (exact) mass is 314 g/mol. The Balaban J connectivity index is 2.18. The van der Waals surface area contributed by atoms with Crippen molar-refractivity contribution in [3.63, 3.8) is 0 Å². The van der Waals surface area contributed by atoms with Gasteiger partial charge in [-0.1, -0.05) is 44.2 Å². The van der Waals surface area contributed by atoms with Crippen LogP contribution in [0.1, 0.15) is 36.1 Å². The predicted molar refractivity (Wildman–Crippen MR) is 100 cm³/mol. The Kier molecular flexibility index (Phi) is 3.18. The first-order valence-electron chi connectivity index (χ1n) is 8.62. The summed E-state index contributed by atoms with van der Waals surface area (Å²) in [6.07, 6.45) is 2.13. The van der Waals surface area contributed by atoms with Crippen molar-refractivity contribution in [1.29, 1.82) is 0 Å². The lowest BCUT2D eigenvalue weighted by atomic mass is 9.81. The predicted octanol–water partition coefficient (Wildman–Crippen LogP) is 5.10. The second-order valence-corrected chi connectivity index (χ2v) is 7.50. The Morgan fingerprint density at radius 3 is 2.17 bits per heavy atom. The Bertz CT molecular complexity index is 964. The first-order valence-corrected chi connectivity index (χ1v) is 8.62. The molecule has 1 aliphatic carbocycles. The number of nitrogens with zero attached hydrogens (tertiary/aromatic N) is 1. The second kappa shape index (κ2) is 5.04. The zero-order valence-electron chi connectivity index (χ0n) is 15.1. The minimum atomic E-state index is 0.0481. The van der Waals surface area contributed by atoms with Gasteiger partial charge in [-0.25, -0.2) is 4.57 Å².